The number of nitrogens with one attached hydrogen (secondary N) is 1. The minimum Gasteiger partial charge on any atom is -0.487 e. The van der Waals surface area contributed by atoms with Crippen molar-refractivity contribution in [2.75, 3.05) is 118 Å². The minimum absolute atomic E-state index is 0.230. The molecule has 1 aromatic carbocycles. The highest BCUT2D eigenvalue weighted by molar-refractivity contribution is 5.67. The van der Waals surface area contributed by atoms with Crippen molar-refractivity contribution in [2.24, 2.45) is 0 Å². The Bertz CT molecular complexity index is 1970. The Kier molecular flexibility index (Phi) is 21.7. The number of ether oxygens (including phenoxy) is 10. The number of rotatable bonds is 31. The number of anilines is 2. The quantitative estimate of drug-likeness (QED) is 0.0702. The second-order valence-corrected chi connectivity index (χ2v) is 16.2. The van der Waals surface area contributed by atoms with E-state index in [1.165, 1.54) is 6.33 Å². The molecule has 1 aliphatic heterocycles. The van der Waals surface area contributed by atoms with Crippen molar-refractivity contribution in [3.05, 3.63) is 48.7 Å². The van der Waals surface area contributed by atoms with Gasteiger partial charge in [-0.1, -0.05) is 6.07 Å². The summed E-state index contributed by atoms with van der Waals surface area (Å²) in [5.74, 6) is 1.28. The topological polar surface area (TPSA) is 219 Å². The summed E-state index contributed by atoms with van der Waals surface area (Å²) in [6, 6.07) is 8.37. The Morgan fingerprint density at radius 2 is 1.35 bits per heavy atom. The molecule has 0 radical (unpaired) electrons. The Labute approximate surface area is 387 Å². The summed E-state index contributed by atoms with van der Waals surface area (Å²) >= 11 is 0. The summed E-state index contributed by atoms with van der Waals surface area (Å²) in [5.41, 5.74) is 2.63. The number of nitriles is 1. The van der Waals surface area contributed by atoms with E-state index in [0.29, 0.717) is 134 Å². The number of tetrazole rings is 1. The lowest BCUT2D eigenvalue weighted by Gasteiger charge is -2.42. The molecule has 2 fully saturated rings. The first-order valence-corrected chi connectivity index (χ1v) is 23.0. The molecule has 3 aromatic heterocycles. The molecule has 362 valence electrons. The fraction of sp³-hybridized carbons (Fsp3) is 0.667. The molecule has 21 nitrogen and oxygen atoms in total. The zero-order valence-electron chi connectivity index (χ0n) is 38.8. The fourth-order valence-electron chi connectivity index (χ4n) is 7.83. The van der Waals surface area contributed by atoms with Crippen LogP contribution in [0.15, 0.2) is 43.1 Å². The van der Waals surface area contributed by atoms with Crippen molar-refractivity contribution >= 4 is 11.6 Å². The molecule has 1 saturated heterocycles. The van der Waals surface area contributed by atoms with Crippen LogP contribution >= 0.6 is 0 Å². The van der Waals surface area contributed by atoms with Crippen molar-refractivity contribution in [1.29, 1.82) is 5.26 Å². The van der Waals surface area contributed by atoms with Crippen LogP contribution in [0.25, 0.3) is 11.1 Å². The van der Waals surface area contributed by atoms with Crippen molar-refractivity contribution in [3.8, 4) is 28.8 Å². The van der Waals surface area contributed by atoms with Crippen LogP contribution in [0.1, 0.15) is 58.1 Å². The van der Waals surface area contributed by atoms with Crippen molar-refractivity contribution in [2.45, 2.75) is 83.4 Å². The van der Waals surface area contributed by atoms with E-state index in [1.807, 2.05) is 29.9 Å². The molecule has 1 saturated carbocycles. The van der Waals surface area contributed by atoms with Crippen molar-refractivity contribution in [1.82, 2.24) is 44.9 Å². The van der Waals surface area contributed by atoms with E-state index < -0.39 is 0 Å². The third kappa shape index (κ3) is 17.1. The molecule has 21 heteroatoms. The summed E-state index contributed by atoms with van der Waals surface area (Å²) < 4.78 is 60.2. The Balaban J connectivity index is 0.949. The molecule has 4 aromatic rings. The van der Waals surface area contributed by atoms with E-state index in [1.54, 1.807) is 30.3 Å². The van der Waals surface area contributed by atoms with Crippen LogP contribution in [-0.2, 0) is 44.4 Å². The maximum absolute atomic E-state index is 9.76. The Morgan fingerprint density at radius 3 is 1.91 bits per heavy atom. The normalized spacial score (nSPS) is 19.4. The second kappa shape index (κ2) is 28.3. The molecule has 3 atom stereocenters. The number of aromatic nitrogens is 8. The average Bonchev–Trinajstić information content (AvgIpc) is 3.99. The van der Waals surface area contributed by atoms with Crippen LogP contribution in [0, 0.1) is 11.3 Å². The van der Waals surface area contributed by atoms with Crippen LogP contribution in [0.3, 0.4) is 0 Å². The first-order valence-electron chi connectivity index (χ1n) is 23.0. The lowest BCUT2D eigenvalue weighted by atomic mass is 9.89. The molecule has 0 unspecified atom stereocenters. The predicted molar refractivity (Wildman–Crippen MR) is 241 cm³/mol. The first kappa shape index (κ1) is 50.5. The fourth-order valence-corrected chi connectivity index (χ4v) is 7.83. The highest BCUT2D eigenvalue weighted by Gasteiger charge is 2.32. The molecule has 6 rings (SSSR count). The molecule has 2 aliphatic rings. The zero-order valence-corrected chi connectivity index (χ0v) is 38.8. The average molecular weight is 922 g/mol. The molecular formula is C45H67N11O10. The smallest absolute Gasteiger partial charge is 0.257 e. The van der Waals surface area contributed by atoms with Gasteiger partial charge < -0.3 is 52.7 Å². The zero-order chi connectivity index (χ0) is 46.2. The van der Waals surface area contributed by atoms with Gasteiger partial charge in [0.1, 0.15) is 36.5 Å². The largest absolute Gasteiger partial charge is 0.487 e. The first-order chi connectivity index (χ1) is 32.4. The maximum Gasteiger partial charge on any atom is 0.257 e. The summed E-state index contributed by atoms with van der Waals surface area (Å²) in [7, 11) is 1.64. The molecule has 0 amide bonds. The number of morpholine rings is 1. The van der Waals surface area contributed by atoms with E-state index in [2.05, 4.69) is 55.6 Å². The monoisotopic (exact) mass is 922 g/mol. The van der Waals surface area contributed by atoms with E-state index >= 15 is 0 Å². The van der Waals surface area contributed by atoms with Crippen LogP contribution in [0.4, 0.5) is 11.6 Å². The van der Waals surface area contributed by atoms with E-state index in [0.717, 1.165) is 49.9 Å². The molecular weight excluding hydrogens is 855 g/mol. The second-order valence-electron chi connectivity index (χ2n) is 16.2. The van der Waals surface area contributed by atoms with Gasteiger partial charge in [0.05, 0.1) is 122 Å². The maximum atomic E-state index is 9.76. The standard InChI is InChI=1S/C45H67N11O10/c1-34-29-54(30-35(2)65-34)40-7-9-41(10-8-40)56-32-42(44(51-56)64-24-23-63-22-21-62-20-19-61-18-17-60-16-15-59-14-13-58-12-11-57-4)50-45-47-27-39(28-48-45)37-5-6-38(26-46)43(25-37)66-36(3)31-55-33-49-52-53-55/h5-6,25,27-28,32-36,40-41H,7-24,29-31H2,1-4H3,(H,47,48,50)/t34-,35+,36-,40?,41?/m0/s1. The predicted octanol–water partition coefficient (Wildman–Crippen LogP) is 4.13. The number of hydrogen-bond donors (Lipinski definition) is 1. The number of benzene rings is 1. The number of hydrogen-bond acceptors (Lipinski definition) is 19. The summed E-state index contributed by atoms with van der Waals surface area (Å²) in [5, 5.41) is 29.3. The van der Waals surface area contributed by atoms with Crippen molar-refractivity contribution in [3.63, 3.8) is 0 Å². The van der Waals surface area contributed by atoms with Gasteiger partial charge >= 0.3 is 0 Å². The van der Waals surface area contributed by atoms with Gasteiger partial charge in [0.2, 0.25) is 5.95 Å². The highest BCUT2D eigenvalue weighted by Crippen LogP contribution is 2.35. The number of methoxy groups -OCH3 is 1. The Morgan fingerprint density at radius 1 is 0.773 bits per heavy atom. The summed E-state index contributed by atoms with van der Waals surface area (Å²) in [4.78, 5) is 11.9. The van der Waals surface area contributed by atoms with E-state index in [4.69, 9.17) is 52.5 Å². The number of nitrogens with zero attached hydrogens (tertiary/aromatic N) is 10. The SMILES string of the molecule is COCCOCCOCCOCCOCCOCCOCCOc1nn(C2CCC(N3C[C@@H](C)O[C@@H](C)C3)CC2)cc1Nc1ncc(-c2ccc(C#N)c(O[C@@H](C)Cn3cnnn3)c2)cn1. The van der Waals surface area contributed by atoms with Gasteiger partial charge in [-0.05, 0) is 74.6 Å². The van der Waals surface area contributed by atoms with Gasteiger partial charge in [-0.3, -0.25) is 9.58 Å². The third-order valence-corrected chi connectivity index (χ3v) is 11.0. The summed E-state index contributed by atoms with van der Waals surface area (Å²) in [6.45, 7) is 15.2. The van der Waals surface area contributed by atoms with E-state index in [9.17, 15) is 5.26 Å². The van der Waals surface area contributed by atoms with E-state index in [-0.39, 0.29) is 24.4 Å². The highest BCUT2D eigenvalue weighted by atomic mass is 16.6. The van der Waals surface area contributed by atoms with Gasteiger partial charge in [0, 0.05) is 44.2 Å². The molecule has 4 heterocycles. The lowest BCUT2D eigenvalue weighted by molar-refractivity contribution is -0.0852. The van der Waals surface area contributed by atoms with Crippen LogP contribution < -0.4 is 14.8 Å². The molecule has 1 N–H and O–H groups in total. The molecule has 1 aliphatic carbocycles. The van der Waals surface area contributed by atoms with Crippen LogP contribution in [0.2, 0.25) is 0 Å². The lowest BCUT2D eigenvalue weighted by Crippen LogP contribution is -2.51. The van der Waals surface area contributed by atoms with Crippen molar-refractivity contribution < 1.29 is 47.4 Å². The van der Waals surface area contributed by atoms with Crippen LogP contribution in [0.5, 0.6) is 11.6 Å². The van der Waals surface area contributed by atoms with Gasteiger partial charge in [0.15, 0.2) is 0 Å². The van der Waals surface area contributed by atoms with Crippen LogP contribution in [-0.4, -0.2) is 182 Å². The summed E-state index contributed by atoms with van der Waals surface area (Å²) in [6.07, 6.45) is 11.3. The van der Waals surface area contributed by atoms with Gasteiger partial charge in [-0.2, -0.15) is 5.26 Å². The molecule has 66 heavy (non-hydrogen) atoms. The minimum atomic E-state index is -0.294. The Hall–Kier alpha value is -4.89. The third-order valence-electron chi connectivity index (χ3n) is 11.0. The molecule has 0 bridgehead atoms. The molecule has 0 spiro atoms. The van der Waals surface area contributed by atoms with Gasteiger partial charge in [-0.25, -0.2) is 14.6 Å². The van der Waals surface area contributed by atoms with Gasteiger partial charge in [0.25, 0.3) is 5.88 Å². The van der Waals surface area contributed by atoms with Gasteiger partial charge in [-0.15, -0.1) is 10.2 Å².